The van der Waals surface area contributed by atoms with Crippen molar-refractivity contribution in [2.75, 3.05) is 6.54 Å². The molecular weight excluding hydrogens is 210 g/mol. The Morgan fingerprint density at radius 3 is 2.47 bits per heavy atom. The van der Waals surface area contributed by atoms with Gasteiger partial charge in [-0.15, -0.1) is 0 Å². The summed E-state index contributed by atoms with van der Waals surface area (Å²) in [5.41, 5.74) is 3.18. The fourth-order valence-electron chi connectivity index (χ4n) is 2.39. The molecule has 1 amide bonds. The van der Waals surface area contributed by atoms with E-state index in [9.17, 15) is 4.79 Å². The van der Waals surface area contributed by atoms with Gasteiger partial charge in [-0.2, -0.15) is 0 Å². The third-order valence-corrected chi connectivity index (χ3v) is 3.25. The molecule has 2 aromatic rings. The van der Waals surface area contributed by atoms with Crippen molar-refractivity contribution in [2.24, 2.45) is 0 Å². The molecule has 0 saturated carbocycles. The van der Waals surface area contributed by atoms with Gasteiger partial charge in [-0.3, -0.25) is 4.79 Å². The van der Waals surface area contributed by atoms with Gasteiger partial charge in [-0.05, 0) is 17.2 Å². The number of amides is 1. The molecule has 2 heteroatoms. The molecule has 3 rings (SSSR count). The molecule has 84 valence electrons. The van der Waals surface area contributed by atoms with Crippen molar-refractivity contribution in [1.29, 1.82) is 0 Å². The lowest BCUT2D eigenvalue weighted by atomic mass is 9.85. The van der Waals surface area contributed by atoms with Crippen LogP contribution in [0.25, 0.3) is 0 Å². The van der Waals surface area contributed by atoms with Crippen molar-refractivity contribution < 1.29 is 4.79 Å². The van der Waals surface area contributed by atoms with Crippen LogP contribution in [0.4, 0.5) is 0 Å². The van der Waals surface area contributed by atoms with Crippen LogP contribution in [-0.2, 0) is 0 Å². The van der Waals surface area contributed by atoms with Gasteiger partial charge in [0, 0.05) is 18.0 Å². The molecule has 0 fully saturated rings. The van der Waals surface area contributed by atoms with E-state index in [2.05, 4.69) is 17.4 Å². The molecule has 2 aromatic carbocycles. The third-order valence-electron chi connectivity index (χ3n) is 3.25. The Bertz CT molecular complexity index is 548. The number of fused-ring (bicyclic) bond motifs is 1. The van der Waals surface area contributed by atoms with E-state index in [4.69, 9.17) is 0 Å². The minimum Gasteiger partial charge on any atom is -0.351 e. The lowest BCUT2D eigenvalue weighted by Gasteiger charge is -2.26. The first-order valence-electron chi connectivity index (χ1n) is 5.78. The van der Waals surface area contributed by atoms with Gasteiger partial charge in [-0.25, -0.2) is 0 Å². The number of nitrogens with one attached hydrogen (secondary N) is 1. The first kappa shape index (κ1) is 10.1. The predicted octanol–water partition coefficient (Wildman–Crippen LogP) is 2.56. The van der Waals surface area contributed by atoms with Crippen molar-refractivity contribution in [3.8, 4) is 0 Å². The first-order valence-corrected chi connectivity index (χ1v) is 5.78. The maximum Gasteiger partial charge on any atom is 0.251 e. The summed E-state index contributed by atoms with van der Waals surface area (Å²) in [5, 5.41) is 2.95. The Morgan fingerprint density at radius 1 is 0.941 bits per heavy atom. The molecule has 1 N–H and O–H groups in total. The predicted molar refractivity (Wildman–Crippen MR) is 67.1 cm³/mol. The first-order chi connectivity index (χ1) is 8.36. The van der Waals surface area contributed by atoms with E-state index < -0.39 is 0 Å². The summed E-state index contributed by atoms with van der Waals surface area (Å²) in [5.74, 6) is 0.304. The SMILES string of the molecule is O=C1NC[C@@H](c2ccccc2)c2ccccc21. The van der Waals surface area contributed by atoms with Crippen LogP contribution in [-0.4, -0.2) is 12.5 Å². The number of carbonyl (C=O) groups excluding carboxylic acids is 1. The van der Waals surface area contributed by atoms with Crippen LogP contribution in [0.3, 0.4) is 0 Å². The highest BCUT2D eigenvalue weighted by Gasteiger charge is 2.25. The Hall–Kier alpha value is -2.09. The van der Waals surface area contributed by atoms with Crippen molar-refractivity contribution in [1.82, 2.24) is 5.32 Å². The Morgan fingerprint density at radius 2 is 1.65 bits per heavy atom. The van der Waals surface area contributed by atoms with E-state index in [-0.39, 0.29) is 11.8 Å². The van der Waals surface area contributed by atoms with Gasteiger partial charge >= 0.3 is 0 Å². The fraction of sp³-hybridized carbons (Fsp3) is 0.133. The second-order valence-electron chi connectivity index (χ2n) is 4.26. The molecule has 0 aliphatic carbocycles. The highest BCUT2D eigenvalue weighted by molar-refractivity contribution is 5.97. The van der Waals surface area contributed by atoms with E-state index in [1.807, 2.05) is 42.5 Å². The highest BCUT2D eigenvalue weighted by atomic mass is 16.1. The third kappa shape index (κ3) is 1.72. The van der Waals surface area contributed by atoms with Gasteiger partial charge in [-0.1, -0.05) is 48.5 Å². The molecule has 0 saturated heterocycles. The number of hydrogen-bond acceptors (Lipinski definition) is 1. The Labute approximate surface area is 100 Å². The average molecular weight is 223 g/mol. The Kier molecular flexibility index (Phi) is 2.41. The van der Waals surface area contributed by atoms with E-state index in [1.165, 1.54) is 5.56 Å². The molecule has 1 aliphatic rings. The molecule has 1 heterocycles. The molecule has 1 atom stereocenters. The number of rotatable bonds is 1. The van der Waals surface area contributed by atoms with Gasteiger partial charge in [0.25, 0.3) is 5.91 Å². The summed E-state index contributed by atoms with van der Waals surface area (Å²) in [7, 11) is 0. The van der Waals surface area contributed by atoms with Gasteiger partial charge < -0.3 is 5.32 Å². The Balaban J connectivity index is 2.10. The van der Waals surface area contributed by atoms with Crippen LogP contribution < -0.4 is 5.32 Å². The van der Waals surface area contributed by atoms with Crippen LogP contribution in [0.5, 0.6) is 0 Å². The monoisotopic (exact) mass is 223 g/mol. The lowest BCUT2D eigenvalue weighted by molar-refractivity contribution is 0.0943. The minimum atomic E-state index is 0.0350. The van der Waals surface area contributed by atoms with Crippen LogP contribution in [0, 0.1) is 0 Å². The van der Waals surface area contributed by atoms with Crippen LogP contribution in [0.1, 0.15) is 27.4 Å². The topological polar surface area (TPSA) is 29.1 Å². The molecule has 17 heavy (non-hydrogen) atoms. The smallest absolute Gasteiger partial charge is 0.251 e. The van der Waals surface area contributed by atoms with E-state index in [0.29, 0.717) is 6.54 Å². The molecule has 0 unspecified atom stereocenters. The van der Waals surface area contributed by atoms with Crippen molar-refractivity contribution >= 4 is 5.91 Å². The number of carbonyl (C=O) groups is 1. The maximum atomic E-state index is 11.8. The van der Waals surface area contributed by atoms with Crippen molar-refractivity contribution in [3.05, 3.63) is 71.3 Å². The molecule has 1 aliphatic heterocycles. The fourth-order valence-corrected chi connectivity index (χ4v) is 2.39. The minimum absolute atomic E-state index is 0.0350. The molecular formula is C15H13NO. The van der Waals surface area contributed by atoms with Crippen LogP contribution >= 0.6 is 0 Å². The molecule has 2 nitrogen and oxygen atoms in total. The zero-order valence-electron chi connectivity index (χ0n) is 9.39. The molecule has 0 aromatic heterocycles. The maximum absolute atomic E-state index is 11.8. The standard InChI is InChI=1S/C15H13NO/c17-15-13-9-5-4-8-12(13)14(10-16-15)11-6-2-1-3-7-11/h1-9,14H,10H2,(H,16,17)/t14-/m0/s1. The van der Waals surface area contributed by atoms with Gasteiger partial charge in [0.05, 0.1) is 0 Å². The highest BCUT2D eigenvalue weighted by Crippen LogP contribution is 2.29. The summed E-state index contributed by atoms with van der Waals surface area (Å²) in [6.07, 6.45) is 0. The quantitative estimate of drug-likeness (QED) is 0.791. The molecule has 0 bridgehead atoms. The summed E-state index contributed by atoms with van der Waals surface area (Å²) in [4.78, 5) is 11.8. The number of benzene rings is 2. The summed E-state index contributed by atoms with van der Waals surface area (Å²) < 4.78 is 0. The lowest BCUT2D eigenvalue weighted by Crippen LogP contribution is -2.35. The van der Waals surface area contributed by atoms with Crippen molar-refractivity contribution in [3.63, 3.8) is 0 Å². The van der Waals surface area contributed by atoms with Crippen molar-refractivity contribution in [2.45, 2.75) is 5.92 Å². The van der Waals surface area contributed by atoms with Gasteiger partial charge in [0.2, 0.25) is 0 Å². The van der Waals surface area contributed by atoms with E-state index in [0.717, 1.165) is 11.1 Å². The molecule has 0 spiro atoms. The normalized spacial score (nSPS) is 18.4. The summed E-state index contributed by atoms with van der Waals surface area (Å²) in [6, 6.07) is 18.1. The van der Waals surface area contributed by atoms with Crippen LogP contribution in [0.2, 0.25) is 0 Å². The zero-order valence-corrected chi connectivity index (χ0v) is 9.39. The van der Waals surface area contributed by atoms with E-state index in [1.54, 1.807) is 0 Å². The van der Waals surface area contributed by atoms with Gasteiger partial charge in [0.15, 0.2) is 0 Å². The summed E-state index contributed by atoms with van der Waals surface area (Å²) in [6.45, 7) is 0.680. The number of hydrogen-bond donors (Lipinski definition) is 1. The largest absolute Gasteiger partial charge is 0.351 e. The molecule has 0 radical (unpaired) electrons. The van der Waals surface area contributed by atoms with E-state index >= 15 is 0 Å². The summed E-state index contributed by atoms with van der Waals surface area (Å²) >= 11 is 0. The zero-order chi connectivity index (χ0) is 11.7. The second-order valence-corrected chi connectivity index (χ2v) is 4.26. The van der Waals surface area contributed by atoms with Gasteiger partial charge in [0.1, 0.15) is 0 Å². The second kappa shape index (κ2) is 4.06. The average Bonchev–Trinajstić information content (AvgIpc) is 2.41. The van der Waals surface area contributed by atoms with Crippen LogP contribution in [0.15, 0.2) is 54.6 Å².